The first-order valence-electron chi connectivity index (χ1n) is 8.41. The van der Waals surface area contributed by atoms with Crippen LogP contribution in [0.4, 0.5) is 0 Å². The van der Waals surface area contributed by atoms with E-state index in [2.05, 4.69) is 15.9 Å². The Morgan fingerprint density at radius 2 is 2.04 bits per heavy atom. The van der Waals surface area contributed by atoms with E-state index in [0.29, 0.717) is 6.42 Å². The molecule has 1 aromatic rings. The summed E-state index contributed by atoms with van der Waals surface area (Å²) in [6.45, 7) is 0. The molecule has 0 radical (unpaired) electrons. The maximum Gasteiger partial charge on any atom is 0.261 e. The van der Waals surface area contributed by atoms with Gasteiger partial charge >= 0.3 is 0 Å². The molecule has 1 aromatic carbocycles. The number of fused-ring (bicyclic) bond motifs is 2. The lowest BCUT2D eigenvalue weighted by molar-refractivity contribution is -0.135. The quantitative estimate of drug-likeness (QED) is 0.641. The van der Waals surface area contributed by atoms with Crippen LogP contribution >= 0.6 is 27.7 Å². The first-order valence-corrected chi connectivity index (χ1v) is 10.4. The van der Waals surface area contributed by atoms with Gasteiger partial charge in [0.2, 0.25) is 0 Å². The molecule has 0 bridgehead atoms. The second kappa shape index (κ2) is 5.77. The van der Waals surface area contributed by atoms with Gasteiger partial charge in [0.25, 0.3) is 5.91 Å². The normalized spacial score (nSPS) is 28.0. The number of hydrogen-bond acceptors (Lipinski definition) is 4. The highest BCUT2D eigenvalue weighted by Crippen LogP contribution is 2.53. The molecule has 0 N–H and O–H groups in total. The molecule has 1 saturated carbocycles. The van der Waals surface area contributed by atoms with Crippen molar-refractivity contribution in [3.8, 4) is 5.75 Å². The van der Waals surface area contributed by atoms with Gasteiger partial charge in [-0.25, -0.2) is 4.99 Å². The predicted octanol–water partition coefficient (Wildman–Crippen LogP) is 4.32. The standard InChI is InChI=1S/C18H21BrN2O2S/c1-21-15(22)18(20-16(21)24-2)11-17(8-4-3-5-9-17)23-14-7-6-12(19)10-13(14)18/h6-7,10H,3-5,8-9,11H2,1-2H3. The lowest BCUT2D eigenvalue weighted by atomic mass is 9.70. The number of amides is 1. The van der Waals surface area contributed by atoms with Gasteiger partial charge in [0.1, 0.15) is 11.4 Å². The van der Waals surface area contributed by atoms with Crippen molar-refractivity contribution in [2.75, 3.05) is 13.3 Å². The topological polar surface area (TPSA) is 41.9 Å². The third-order valence-corrected chi connectivity index (χ3v) is 6.69. The number of aliphatic imine (C=N–C) groups is 1. The zero-order valence-electron chi connectivity index (χ0n) is 14.0. The Morgan fingerprint density at radius 1 is 1.29 bits per heavy atom. The van der Waals surface area contributed by atoms with Gasteiger partial charge in [0.15, 0.2) is 10.7 Å². The molecule has 1 unspecified atom stereocenters. The van der Waals surface area contributed by atoms with Crippen molar-refractivity contribution < 1.29 is 9.53 Å². The maximum atomic E-state index is 13.3. The number of carbonyl (C=O) groups is 1. The lowest BCUT2D eigenvalue weighted by Crippen LogP contribution is -2.52. The van der Waals surface area contributed by atoms with Gasteiger partial charge in [-0.05, 0) is 50.1 Å². The minimum Gasteiger partial charge on any atom is -0.487 e. The molecule has 1 amide bonds. The lowest BCUT2D eigenvalue weighted by Gasteiger charge is -2.47. The summed E-state index contributed by atoms with van der Waals surface area (Å²) in [5.74, 6) is 0.888. The Balaban J connectivity index is 1.90. The van der Waals surface area contributed by atoms with E-state index in [1.54, 1.807) is 4.90 Å². The highest BCUT2D eigenvalue weighted by molar-refractivity contribution is 9.10. The summed E-state index contributed by atoms with van der Waals surface area (Å²) >= 11 is 5.07. The molecule has 1 aliphatic carbocycles. The number of carbonyl (C=O) groups excluding carboxylic acids is 1. The smallest absolute Gasteiger partial charge is 0.261 e. The minimum absolute atomic E-state index is 0.0689. The third kappa shape index (κ3) is 2.33. The van der Waals surface area contributed by atoms with Gasteiger partial charge < -0.3 is 4.74 Å². The molecule has 1 atom stereocenters. The van der Waals surface area contributed by atoms with Crippen LogP contribution in [0.25, 0.3) is 0 Å². The number of nitrogens with zero attached hydrogens (tertiary/aromatic N) is 2. The van der Waals surface area contributed by atoms with E-state index >= 15 is 0 Å². The van der Waals surface area contributed by atoms with Crippen LogP contribution < -0.4 is 4.74 Å². The second-order valence-corrected chi connectivity index (χ2v) is 8.68. The first kappa shape index (κ1) is 16.5. The van der Waals surface area contributed by atoms with Gasteiger partial charge in [-0.2, -0.15) is 0 Å². The van der Waals surface area contributed by atoms with Gasteiger partial charge in [-0.1, -0.05) is 34.1 Å². The van der Waals surface area contributed by atoms with Crippen molar-refractivity contribution in [2.45, 2.75) is 49.7 Å². The van der Waals surface area contributed by atoms with Gasteiger partial charge in [0.05, 0.1) is 0 Å². The van der Waals surface area contributed by atoms with Crippen LogP contribution in [-0.2, 0) is 10.3 Å². The van der Waals surface area contributed by atoms with E-state index in [9.17, 15) is 4.79 Å². The number of likely N-dealkylation sites (N-methyl/N-ethyl adjacent to an activating group) is 1. The van der Waals surface area contributed by atoms with Crippen LogP contribution in [-0.4, -0.2) is 34.9 Å². The van der Waals surface area contributed by atoms with E-state index in [4.69, 9.17) is 9.73 Å². The molecular formula is C18H21BrN2O2S. The average Bonchev–Trinajstić information content (AvgIpc) is 2.82. The van der Waals surface area contributed by atoms with Crippen LogP contribution in [0.3, 0.4) is 0 Å². The van der Waals surface area contributed by atoms with Crippen molar-refractivity contribution in [1.82, 2.24) is 4.90 Å². The summed E-state index contributed by atoms with van der Waals surface area (Å²) in [6.07, 6.45) is 8.20. The van der Waals surface area contributed by atoms with Crippen LogP contribution in [0.1, 0.15) is 44.1 Å². The van der Waals surface area contributed by atoms with E-state index in [0.717, 1.165) is 46.6 Å². The maximum absolute atomic E-state index is 13.3. The number of ether oxygens (including phenoxy) is 1. The Hall–Kier alpha value is -1.01. The van der Waals surface area contributed by atoms with E-state index in [-0.39, 0.29) is 11.5 Å². The van der Waals surface area contributed by atoms with Crippen LogP contribution in [0.15, 0.2) is 27.7 Å². The highest BCUT2D eigenvalue weighted by atomic mass is 79.9. The summed E-state index contributed by atoms with van der Waals surface area (Å²) in [6, 6.07) is 5.97. The fraction of sp³-hybridized carbons (Fsp3) is 0.556. The Kier molecular flexibility index (Phi) is 3.95. The van der Waals surface area contributed by atoms with Crippen molar-refractivity contribution in [3.63, 3.8) is 0 Å². The largest absolute Gasteiger partial charge is 0.487 e. The fourth-order valence-electron chi connectivity index (χ4n) is 4.34. The Labute approximate surface area is 155 Å². The van der Waals surface area contributed by atoms with Gasteiger partial charge in [-0.15, -0.1) is 0 Å². The summed E-state index contributed by atoms with van der Waals surface area (Å²) in [5.41, 5.74) is -0.191. The predicted molar refractivity (Wildman–Crippen MR) is 101 cm³/mol. The van der Waals surface area contributed by atoms with Crippen LogP contribution in [0, 0.1) is 0 Å². The molecule has 2 spiro atoms. The van der Waals surface area contributed by atoms with Crippen LogP contribution in [0.5, 0.6) is 5.75 Å². The van der Waals surface area contributed by atoms with E-state index in [1.165, 1.54) is 18.2 Å². The zero-order chi connectivity index (χ0) is 16.9. The van der Waals surface area contributed by atoms with E-state index in [1.807, 2.05) is 31.5 Å². The molecule has 128 valence electrons. The van der Waals surface area contributed by atoms with Crippen molar-refractivity contribution in [1.29, 1.82) is 0 Å². The fourth-order valence-corrected chi connectivity index (χ4v) is 5.31. The number of halogens is 1. The first-order chi connectivity index (χ1) is 11.5. The molecular weight excluding hydrogens is 388 g/mol. The molecule has 24 heavy (non-hydrogen) atoms. The number of hydrogen-bond donors (Lipinski definition) is 0. The molecule has 4 nitrogen and oxygen atoms in total. The highest BCUT2D eigenvalue weighted by Gasteiger charge is 2.58. The molecule has 6 heteroatoms. The van der Waals surface area contributed by atoms with Crippen molar-refractivity contribution in [2.24, 2.45) is 4.99 Å². The van der Waals surface area contributed by atoms with E-state index < -0.39 is 5.54 Å². The van der Waals surface area contributed by atoms with Crippen molar-refractivity contribution in [3.05, 3.63) is 28.2 Å². The summed E-state index contributed by atoms with van der Waals surface area (Å²) in [7, 11) is 1.83. The molecule has 0 aromatic heterocycles. The molecule has 1 fully saturated rings. The third-order valence-electron chi connectivity index (χ3n) is 5.47. The molecule has 3 aliphatic rings. The van der Waals surface area contributed by atoms with Gasteiger partial charge in [0, 0.05) is 23.5 Å². The average molecular weight is 409 g/mol. The molecule has 2 aliphatic heterocycles. The SMILES string of the molecule is CSC1=NC2(CC3(CCCCC3)Oc3ccc(Br)cc32)C(=O)N1C. The Morgan fingerprint density at radius 3 is 2.71 bits per heavy atom. The number of amidine groups is 1. The zero-order valence-corrected chi connectivity index (χ0v) is 16.4. The molecule has 0 saturated heterocycles. The monoisotopic (exact) mass is 408 g/mol. The molecule has 4 rings (SSSR count). The van der Waals surface area contributed by atoms with Gasteiger partial charge in [-0.3, -0.25) is 9.69 Å². The number of rotatable bonds is 0. The minimum atomic E-state index is -0.832. The number of benzene rings is 1. The van der Waals surface area contributed by atoms with Crippen molar-refractivity contribution >= 4 is 38.8 Å². The summed E-state index contributed by atoms with van der Waals surface area (Å²) in [5, 5.41) is 0.791. The molecule has 2 heterocycles. The Bertz CT molecular complexity index is 730. The summed E-state index contributed by atoms with van der Waals surface area (Å²) < 4.78 is 7.44. The second-order valence-electron chi connectivity index (χ2n) is 6.99. The van der Waals surface area contributed by atoms with Crippen LogP contribution in [0.2, 0.25) is 0 Å². The summed E-state index contributed by atoms with van der Waals surface area (Å²) in [4.78, 5) is 19.9. The number of thioether (sulfide) groups is 1.